The third kappa shape index (κ3) is 6.25. The van der Waals surface area contributed by atoms with Gasteiger partial charge in [0.05, 0.1) is 26.4 Å². The fraction of sp³-hybridized carbons (Fsp3) is 0.333. The lowest BCUT2D eigenvalue weighted by molar-refractivity contribution is -0.357. The molecule has 5 nitrogen and oxygen atoms in total. The van der Waals surface area contributed by atoms with Gasteiger partial charge in [-0.3, -0.25) is 0 Å². The first-order valence-corrected chi connectivity index (χ1v) is 11.0. The molecule has 1 aliphatic heterocycles. The van der Waals surface area contributed by atoms with Crippen molar-refractivity contribution in [3.63, 3.8) is 0 Å². The molecule has 0 saturated carbocycles. The summed E-state index contributed by atoms with van der Waals surface area (Å²) in [5.74, 6) is -1.03. The van der Waals surface area contributed by atoms with Crippen molar-refractivity contribution in [3.8, 4) is 0 Å². The van der Waals surface area contributed by atoms with Gasteiger partial charge in [0.15, 0.2) is 12.1 Å². The molecule has 168 valence electrons. The predicted molar refractivity (Wildman–Crippen MR) is 121 cm³/mol. The maximum Gasteiger partial charge on any atom is 0.197 e. The first kappa shape index (κ1) is 22.6. The SMILES string of the molecule is OC1CCC(OCc2ccccc2)(OCc2ccccc2)C(COCc2ccccc2)O1. The Balaban J connectivity index is 1.49. The minimum Gasteiger partial charge on any atom is -0.374 e. The Morgan fingerprint density at radius 3 is 1.69 bits per heavy atom. The van der Waals surface area contributed by atoms with Crippen molar-refractivity contribution >= 4 is 0 Å². The summed E-state index contributed by atoms with van der Waals surface area (Å²) in [4.78, 5) is 0. The molecular formula is C27H30O5. The summed E-state index contributed by atoms with van der Waals surface area (Å²) in [6, 6.07) is 29.9. The fourth-order valence-corrected chi connectivity index (χ4v) is 3.80. The number of rotatable bonds is 10. The lowest BCUT2D eigenvalue weighted by atomic mass is 9.99. The molecule has 3 aromatic rings. The van der Waals surface area contributed by atoms with Crippen LogP contribution < -0.4 is 0 Å². The first-order valence-electron chi connectivity index (χ1n) is 11.0. The zero-order valence-electron chi connectivity index (χ0n) is 18.1. The van der Waals surface area contributed by atoms with Gasteiger partial charge in [-0.2, -0.15) is 0 Å². The fourth-order valence-electron chi connectivity index (χ4n) is 3.80. The van der Waals surface area contributed by atoms with Gasteiger partial charge < -0.3 is 24.1 Å². The van der Waals surface area contributed by atoms with Gasteiger partial charge in [-0.25, -0.2) is 0 Å². The summed E-state index contributed by atoms with van der Waals surface area (Å²) in [5, 5.41) is 10.2. The van der Waals surface area contributed by atoms with Crippen LogP contribution in [-0.2, 0) is 38.8 Å². The molecule has 1 N–H and O–H groups in total. The lowest BCUT2D eigenvalue weighted by Gasteiger charge is -2.44. The molecule has 0 radical (unpaired) electrons. The third-order valence-corrected chi connectivity index (χ3v) is 5.58. The van der Waals surface area contributed by atoms with Crippen molar-refractivity contribution in [1.29, 1.82) is 0 Å². The maximum atomic E-state index is 10.2. The number of aliphatic hydroxyl groups excluding tert-OH is 1. The van der Waals surface area contributed by atoms with Crippen LogP contribution in [0.25, 0.3) is 0 Å². The van der Waals surface area contributed by atoms with E-state index in [0.29, 0.717) is 32.7 Å². The van der Waals surface area contributed by atoms with E-state index < -0.39 is 18.2 Å². The first-order chi connectivity index (χ1) is 15.7. The van der Waals surface area contributed by atoms with Gasteiger partial charge in [0.2, 0.25) is 0 Å². The van der Waals surface area contributed by atoms with E-state index in [0.717, 1.165) is 16.7 Å². The molecule has 1 fully saturated rings. The minimum atomic E-state index is -1.03. The van der Waals surface area contributed by atoms with Gasteiger partial charge in [-0.05, 0) is 16.7 Å². The molecule has 2 atom stereocenters. The van der Waals surface area contributed by atoms with Gasteiger partial charge in [0.1, 0.15) is 6.10 Å². The monoisotopic (exact) mass is 434 g/mol. The molecule has 1 heterocycles. The second kappa shape index (κ2) is 11.4. The molecule has 3 aromatic carbocycles. The molecule has 1 aliphatic rings. The zero-order chi connectivity index (χ0) is 22.1. The van der Waals surface area contributed by atoms with Crippen LogP contribution in [0.3, 0.4) is 0 Å². The minimum absolute atomic E-state index is 0.246. The second-order valence-corrected chi connectivity index (χ2v) is 7.98. The van der Waals surface area contributed by atoms with Crippen LogP contribution in [0, 0.1) is 0 Å². The van der Waals surface area contributed by atoms with Crippen LogP contribution >= 0.6 is 0 Å². The molecule has 0 aliphatic carbocycles. The second-order valence-electron chi connectivity index (χ2n) is 7.98. The summed E-state index contributed by atoms with van der Waals surface area (Å²) >= 11 is 0. The Kier molecular flexibility index (Phi) is 8.04. The van der Waals surface area contributed by atoms with E-state index in [1.54, 1.807) is 0 Å². The molecule has 5 heteroatoms. The normalized spacial score (nSPS) is 20.2. The van der Waals surface area contributed by atoms with Gasteiger partial charge >= 0.3 is 0 Å². The highest BCUT2D eigenvalue weighted by Crippen LogP contribution is 2.35. The Labute approximate surface area is 189 Å². The van der Waals surface area contributed by atoms with Gasteiger partial charge in [0, 0.05) is 12.8 Å². The lowest BCUT2D eigenvalue weighted by Crippen LogP contribution is -2.55. The third-order valence-electron chi connectivity index (χ3n) is 5.58. The largest absolute Gasteiger partial charge is 0.374 e. The highest BCUT2D eigenvalue weighted by atomic mass is 16.7. The number of hydrogen-bond acceptors (Lipinski definition) is 5. The van der Waals surface area contributed by atoms with Crippen LogP contribution in [0.1, 0.15) is 29.5 Å². The molecule has 0 bridgehead atoms. The zero-order valence-corrected chi connectivity index (χ0v) is 18.1. The highest BCUT2D eigenvalue weighted by molar-refractivity contribution is 5.15. The Morgan fingerprint density at radius 1 is 0.719 bits per heavy atom. The maximum absolute atomic E-state index is 10.2. The van der Waals surface area contributed by atoms with Crippen molar-refractivity contribution in [2.45, 2.75) is 50.8 Å². The van der Waals surface area contributed by atoms with E-state index >= 15 is 0 Å². The van der Waals surface area contributed by atoms with Crippen molar-refractivity contribution < 1.29 is 24.1 Å². The topological polar surface area (TPSA) is 57.2 Å². The van der Waals surface area contributed by atoms with E-state index in [1.165, 1.54) is 0 Å². The van der Waals surface area contributed by atoms with Crippen LogP contribution in [0.4, 0.5) is 0 Å². The molecule has 0 spiro atoms. The molecule has 0 aromatic heterocycles. The predicted octanol–water partition coefficient (Wildman–Crippen LogP) is 4.83. The van der Waals surface area contributed by atoms with Crippen molar-refractivity contribution in [1.82, 2.24) is 0 Å². The van der Waals surface area contributed by atoms with Gasteiger partial charge in [-0.15, -0.1) is 0 Å². The van der Waals surface area contributed by atoms with Crippen molar-refractivity contribution in [3.05, 3.63) is 108 Å². The van der Waals surface area contributed by atoms with E-state index in [1.807, 2.05) is 91.0 Å². The van der Waals surface area contributed by atoms with Crippen molar-refractivity contribution in [2.75, 3.05) is 6.61 Å². The van der Waals surface area contributed by atoms with Gasteiger partial charge in [0.25, 0.3) is 0 Å². The standard InChI is InChI=1S/C27H30O5/c28-26-16-17-27(30-19-23-12-6-2-7-13-23,31-20-24-14-8-3-9-15-24)25(32-26)21-29-18-22-10-4-1-5-11-22/h1-15,25-26,28H,16-21H2. The quantitative estimate of drug-likeness (QED) is 0.463. The van der Waals surface area contributed by atoms with E-state index in [4.69, 9.17) is 18.9 Å². The summed E-state index contributed by atoms with van der Waals surface area (Å²) in [6.45, 7) is 1.45. The average Bonchev–Trinajstić information content (AvgIpc) is 2.85. The summed E-state index contributed by atoms with van der Waals surface area (Å²) in [6.07, 6.45) is -0.497. The summed E-state index contributed by atoms with van der Waals surface area (Å²) in [5.41, 5.74) is 3.17. The molecule has 32 heavy (non-hydrogen) atoms. The van der Waals surface area contributed by atoms with E-state index in [-0.39, 0.29) is 6.61 Å². The van der Waals surface area contributed by atoms with Gasteiger partial charge in [-0.1, -0.05) is 91.0 Å². The number of hydrogen-bond donors (Lipinski definition) is 1. The van der Waals surface area contributed by atoms with Crippen molar-refractivity contribution in [2.24, 2.45) is 0 Å². The van der Waals surface area contributed by atoms with Crippen LogP contribution in [0.5, 0.6) is 0 Å². The Bertz CT molecular complexity index is 873. The Morgan fingerprint density at radius 2 is 1.19 bits per heavy atom. The van der Waals surface area contributed by atoms with Crippen LogP contribution in [0.2, 0.25) is 0 Å². The number of benzene rings is 3. The molecule has 0 amide bonds. The average molecular weight is 435 g/mol. The number of ether oxygens (including phenoxy) is 4. The van der Waals surface area contributed by atoms with E-state index in [2.05, 4.69) is 0 Å². The Hall–Kier alpha value is -2.54. The van der Waals surface area contributed by atoms with E-state index in [9.17, 15) is 5.11 Å². The smallest absolute Gasteiger partial charge is 0.197 e. The number of aliphatic hydroxyl groups is 1. The molecule has 4 rings (SSSR count). The van der Waals surface area contributed by atoms with Crippen LogP contribution in [-0.4, -0.2) is 29.9 Å². The molecule has 1 saturated heterocycles. The van der Waals surface area contributed by atoms with Crippen LogP contribution in [0.15, 0.2) is 91.0 Å². The summed E-state index contributed by atoms with van der Waals surface area (Å²) < 4.78 is 24.7. The molecular weight excluding hydrogens is 404 g/mol. The summed E-state index contributed by atoms with van der Waals surface area (Å²) in [7, 11) is 0. The molecule has 2 unspecified atom stereocenters. The highest BCUT2D eigenvalue weighted by Gasteiger charge is 2.47.